The van der Waals surface area contributed by atoms with Crippen LogP contribution in [-0.2, 0) is 0 Å². The minimum Gasteiger partial charge on any atom is -0.0830 e. The topological polar surface area (TPSA) is 0 Å². The second-order valence-electron chi connectivity index (χ2n) is 4.62. The van der Waals surface area contributed by atoms with Crippen molar-refractivity contribution < 1.29 is 0 Å². The van der Waals surface area contributed by atoms with E-state index in [1.54, 1.807) is 0 Å². The zero-order valence-corrected chi connectivity index (χ0v) is 15.4. The van der Waals surface area contributed by atoms with Gasteiger partial charge in [0.2, 0.25) is 0 Å². The molecule has 2 aromatic carbocycles. The molecular formula is C15H12Br2Cl2. The molecule has 0 nitrogen and oxygen atoms in total. The maximum Gasteiger partial charge on any atom is 0.0711 e. The molecule has 0 aliphatic carbocycles. The first-order valence-corrected chi connectivity index (χ1v) is 8.08. The van der Waals surface area contributed by atoms with Crippen molar-refractivity contribution in [1.82, 2.24) is 0 Å². The van der Waals surface area contributed by atoms with Crippen molar-refractivity contribution in [1.29, 1.82) is 0 Å². The standard InChI is InChI=1S/C15H12Br2Cl2/c1-7-4-8(2)12(9(3)5-7)10-6-11(18)14(17)15(19)13(10)16/h4-6H,1-3H3. The molecule has 0 N–H and O–H groups in total. The van der Waals surface area contributed by atoms with Crippen molar-refractivity contribution >= 4 is 55.1 Å². The van der Waals surface area contributed by atoms with Crippen LogP contribution in [0.15, 0.2) is 27.1 Å². The number of benzene rings is 2. The molecule has 2 aromatic rings. The van der Waals surface area contributed by atoms with E-state index in [0.29, 0.717) is 14.5 Å². The van der Waals surface area contributed by atoms with Crippen LogP contribution in [0.1, 0.15) is 16.7 Å². The molecule has 0 saturated heterocycles. The van der Waals surface area contributed by atoms with Crippen LogP contribution in [0.5, 0.6) is 0 Å². The van der Waals surface area contributed by atoms with Gasteiger partial charge >= 0.3 is 0 Å². The number of hydrogen-bond donors (Lipinski definition) is 0. The second kappa shape index (κ2) is 5.77. The summed E-state index contributed by atoms with van der Waals surface area (Å²) >= 11 is 19.5. The molecule has 2 rings (SSSR count). The number of halogens is 4. The molecule has 0 aromatic heterocycles. The van der Waals surface area contributed by atoms with E-state index in [1.165, 1.54) is 22.3 Å². The largest absolute Gasteiger partial charge is 0.0830 e. The monoisotopic (exact) mass is 420 g/mol. The van der Waals surface area contributed by atoms with E-state index in [4.69, 9.17) is 23.2 Å². The smallest absolute Gasteiger partial charge is 0.0711 e. The quantitative estimate of drug-likeness (QED) is 0.339. The average molecular weight is 423 g/mol. The highest BCUT2D eigenvalue weighted by Crippen LogP contribution is 2.44. The van der Waals surface area contributed by atoms with Crippen molar-refractivity contribution in [2.75, 3.05) is 0 Å². The Hall–Kier alpha value is -0.0200. The van der Waals surface area contributed by atoms with Crippen LogP contribution in [0.3, 0.4) is 0 Å². The predicted octanol–water partition coefficient (Wildman–Crippen LogP) is 7.11. The van der Waals surface area contributed by atoms with Crippen LogP contribution in [-0.4, -0.2) is 0 Å². The fourth-order valence-corrected chi connectivity index (χ4v) is 3.90. The minimum atomic E-state index is 0.599. The number of aryl methyl sites for hydroxylation is 3. The van der Waals surface area contributed by atoms with Gasteiger partial charge in [0.05, 0.1) is 14.5 Å². The van der Waals surface area contributed by atoms with Crippen LogP contribution < -0.4 is 0 Å². The highest BCUT2D eigenvalue weighted by atomic mass is 79.9. The molecule has 0 amide bonds. The van der Waals surface area contributed by atoms with E-state index in [9.17, 15) is 0 Å². The summed E-state index contributed by atoms with van der Waals surface area (Å²) < 4.78 is 1.58. The van der Waals surface area contributed by atoms with E-state index in [1.807, 2.05) is 6.07 Å². The van der Waals surface area contributed by atoms with Gasteiger partial charge in [-0.3, -0.25) is 0 Å². The molecule has 0 unspecified atom stereocenters. The summed E-state index contributed by atoms with van der Waals surface area (Å²) in [4.78, 5) is 0. The predicted molar refractivity (Wildman–Crippen MR) is 91.5 cm³/mol. The summed E-state index contributed by atoms with van der Waals surface area (Å²) in [5.74, 6) is 0. The highest BCUT2D eigenvalue weighted by Gasteiger charge is 2.16. The van der Waals surface area contributed by atoms with Gasteiger partial charge in [-0.25, -0.2) is 0 Å². The first-order valence-electron chi connectivity index (χ1n) is 5.74. The molecular weight excluding hydrogens is 411 g/mol. The molecule has 0 atom stereocenters. The van der Waals surface area contributed by atoms with Crippen LogP contribution in [0.4, 0.5) is 0 Å². The summed E-state index contributed by atoms with van der Waals surface area (Å²) in [5.41, 5.74) is 5.88. The molecule has 0 spiro atoms. The average Bonchev–Trinajstić information content (AvgIpc) is 2.31. The van der Waals surface area contributed by atoms with E-state index >= 15 is 0 Å². The third-order valence-electron chi connectivity index (χ3n) is 3.05. The maximum absolute atomic E-state index is 6.30. The lowest BCUT2D eigenvalue weighted by Gasteiger charge is -2.15. The molecule has 0 saturated carbocycles. The molecule has 0 bridgehead atoms. The number of rotatable bonds is 1. The Morgan fingerprint density at radius 1 is 0.842 bits per heavy atom. The Morgan fingerprint density at radius 3 is 1.89 bits per heavy atom. The Balaban J connectivity index is 2.80. The highest BCUT2D eigenvalue weighted by molar-refractivity contribution is 9.11. The van der Waals surface area contributed by atoms with Crippen LogP contribution in [0, 0.1) is 20.8 Å². The number of hydrogen-bond acceptors (Lipinski definition) is 0. The van der Waals surface area contributed by atoms with Crippen molar-refractivity contribution in [2.24, 2.45) is 0 Å². The molecule has 0 heterocycles. The van der Waals surface area contributed by atoms with E-state index in [-0.39, 0.29) is 0 Å². The molecule has 0 fully saturated rings. The fraction of sp³-hybridized carbons (Fsp3) is 0.200. The fourth-order valence-electron chi connectivity index (χ4n) is 2.36. The summed E-state index contributed by atoms with van der Waals surface area (Å²) in [5, 5.41) is 1.21. The van der Waals surface area contributed by atoms with Crippen LogP contribution in [0.2, 0.25) is 10.0 Å². The third kappa shape index (κ3) is 2.87. The van der Waals surface area contributed by atoms with Gasteiger partial charge < -0.3 is 0 Å². The summed E-state index contributed by atoms with van der Waals surface area (Å²) in [7, 11) is 0. The molecule has 0 aliphatic heterocycles. The lowest BCUT2D eigenvalue weighted by molar-refractivity contribution is 1.32. The van der Waals surface area contributed by atoms with Gasteiger partial charge in [0.15, 0.2) is 0 Å². The first-order chi connectivity index (χ1) is 8.82. The van der Waals surface area contributed by atoms with Gasteiger partial charge in [-0.05, 0) is 81.0 Å². The summed E-state index contributed by atoms with van der Waals surface area (Å²) in [6, 6.07) is 6.27. The maximum atomic E-state index is 6.30. The Labute approximate surface area is 140 Å². The molecule has 0 aliphatic rings. The van der Waals surface area contributed by atoms with Gasteiger partial charge in [-0.2, -0.15) is 0 Å². The SMILES string of the molecule is Cc1cc(C)c(-c2cc(Cl)c(Br)c(Cl)c2Br)c(C)c1. The van der Waals surface area contributed by atoms with E-state index in [0.717, 1.165) is 10.0 Å². The Kier molecular flexibility index (Phi) is 4.67. The van der Waals surface area contributed by atoms with Crippen molar-refractivity contribution in [3.05, 3.63) is 53.9 Å². The van der Waals surface area contributed by atoms with Crippen LogP contribution >= 0.6 is 55.1 Å². The molecule has 19 heavy (non-hydrogen) atoms. The van der Waals surface area contributed by atoms with E-state index in [2.05, 4.69) is 64.8 Å². The first kappa shape index (κ1) is 15.4. The van der Waals surface area contributed by atoms with Gasteiger partial charge in [0.1, 0.15) is 0 Å². The van der Waals surface area contributed by atoms with Gasteiger partial charge in [0, 0.05) is 4.47 Å². The van der Waals surface area contributed by atoms with E-state index < -0.39 is 0 Å². The Morgan fingerprint density at radius 2 is 1.37 bits per heavy atom. The molecule has 100 valence electrons. The van der Waals surface area contributed by atoms with Gasteiger partial charge in [0.25, 0.3) is 0 Å². The van der Waals surface area contributed by atoms with Crippen molar-refractivity contribution in [3.63, 3.8) is 0 Å². The van der Waals surface area contributed by atoms with Gasteiger partial charge in [-0.15, -0.1) is 0 Å². The summed E-state index contributed by atoms with van der Waals surface area (Å²) in [6.07, 6.45) is 0. The molecule has 0 radical (unpaired) electrons. The zero-order chi connectivity index (χ0) is 14.3. The normalized spacial score (nSPS) is 10.9. The lowest BCUT2D eigenvalue weighted by atomic mass is 9.94. The van der Waals surface area contributed by atoms with Crippen molar-refractivity contribution in [2.45, 2.75) is 20.8 Å². The lowest BCUT2D eigenvalue weighted by Crippen LogP contribution is -1.92. The summed E-state index contributed by atoms with van der Waals surface area (Å²) in [6.45, 7) is 6.30. The van der Waals surface area contributed by atoms with Crippen LogP contribution in [0.25, 0.3) is 11.1 Å². The molecule has 4 heteroatoms. The second-order valence-corrected chi connectivity index (χ2v) is 6.99. The minimum absolute atomic E-state index is 0.599. The third-order valence-corrected chi connectivity index (χ3v) is 6.06. The Bertz CT molecular complexity index is 641. The van der Waals surface area contributed by atoms with Crippen molar-refractivity contribution in [3.8, 4) is 11.1 Å². The zero-order valence-electron chi connectivity index (χ0n) is 10.7. The van der Waals surface area contributed by atoms with Gasteiger partial charge in [-0.1, -0.05) is 40.9 Å².